The van der Waals surface area contributed by atoms with E-state index in [1.54, 1.807) is 0 Å². The van der Waals surface area contributed by atoms with Crippen molar-refractivity contribution < 1.29 is 9.31 Å². The Kier molecular flexibility index (Phi) is 3.43. The average Bonchev–Trinajstić information content (AvgIpc) is 2.39. The molecule has 1 saturated heterocycles. The Morgan fingerprint density at radius 3 is 2.00 bits per heavy atom. The van der Waals surface area contributed by atoms with Crippen LogP contribution in [0.15, 0.2) is 11.5 Å². The van der Waals surface area contributed by atoms with Gasteiger partial charge < -0.3 is 9.31 Å². The zero-order valence-electron chi connectivity index (χ0n) is 11.9. The normalized spacial score (nSPS) is 31.7. The van der Waals surface area contributed by atoms with Crippen molar-refractivity contribution >= 4 is 7.12 Å². The van der Waals surface area contributed by atoms with Crippen molar-refractivity contribution in [2.24, 2.45) is 5.92 Å². The van der Waals surface area contributed by atoms with Crippen molar-refractivity contribution in [1.29, 1.82) is 0 Å². The quantitative estimate of drug-likeness (QED) is 0.645. The minimum Gasteiger partial charge on any atom is -0.400 e. The molecule has 3 heteroatoms. The molecule has 2 rings (SSSR count). The van der Waals surface area contributed by atoms with Gasteiger partial charge in [0.2, 0.25) is 0 Å². The monoisotopic (exact) mass is 236 g/mol. The number of allylic oxidation sites excluding steroid dienone is 1. The van der Waals surface area contributed by atoms with Gasteiger partial charge in [-0.3, -0.25) is 0 Å². The van der Waals surface area contributed by atoms with Gasteiger partial charge in [-0.15, -0.1) is 0 Å². The van der Waals surface area contributed by atoms with Gasteiger partial charge in [-0.1, -0.05) is 18.5 Å². The Morgan fingerprint density at radius 2 is 1.53 bits per heavy atom. The van der Waals surface area contributed by atoms with Crippen LogP contribution < -0.4 is 0 Å². The van der Waals surface area contributed by atoms with Gasteiger partial charge in [-0.05, 0) is 59.3 Å². The van der Waals surface area contributed by atoms with E-state index in [4.69, 9.17) is 9.31 Å². The van der Waals surface area contributed by atoms with Gasteiger partial charge in [0, 0.05) is 0 Å². The molecule has 0 spiro atoms. The summed E-state index contributed by atoms with van der Waals surface area (Å²) in [5.74, 6) is 3.09. The molecule has 0 N–H and O–H groups in total. The van der Waals surface area contributed by atoms with Crippen LogP contribution in [0.2, 0.25) is 0 Å². The molecule has 0 aromatic heterocycles. The molecule has 0 bridgehead atoms. The standard InChI is InChI=1S/C14H25BO2/c1-11-6-8-12(9-7-11)10-15-16-13(2,3)14(4,5)17-15/h10-11H,6-9H2,1-5H3. The zero-order chi connectivity index (χ0) is 12.7. The largest absolute Gasteiger partial charge is 0.487 e. The summed E-state index contributed by atoms with van der Waals surface area (Å²) in [6.07, 6.45) is 5.05. The predicted octanol–water partition coefficient (Wildman–Crippen LogP) is 3.75. The first-order chi connectivity index (χ1) is 7.80. The summed E-state index contributed by atoms with van der Waals surface area (Å²) in [4.78, 5) is 0. The third kappa shape index (κ3) is 2.77. The fourth-order valence-corrected chi connectivity index (χ4v) is 2.45. The first kappa shape index (κ1) is 13.2. The Bertz CT molecular complexity index is 294. The molecule has 0 unspecified atom stereocenters. The third-order valence-electron chi connectivity index (χ3n) is 4.56. The van der Waals surface area contributed by atoms with E-state index in [2.05, 4.69) is 40.6 Å². The highest BCUT2D eigenvalue weighted by molar-refractivity contribution is 6.51. The van der Waals surface area contributed by atoms with Gasteiger partial charge in [0.1, 0.15) is 0 Å². The number of rotatable bonds is 1. The summed E-state index contributed by atoms with van der Waals surface area (Å²) in [5, 5.41) is 0. The van der Waals surface area contributed by atoms with E-state index in [9.17, 15) is 0 Å². The summed E-state index contributed by atoms with van der Waals surface area (Å²) in [6.45, 7) is 10.8. The maximum absolute atomic E-state index is 6.00. The second-order valence-electron chi connectivity index (χ2n) is 6.63. The summed E-state index contributed by atoms with van der Waals surface area (Å²) in [7, 11) is -0.150. The molecule has 0 atom stereocenters. The third-order valence-corrected chi connectivity index (χ3v) is 4.56. The Balaban J connectivity index is 2.00. The lowest BCUT2D eigenvalue weighted by molar-refractivity contribution is 0.00578. The van der Waals surface area contributed by atoms with Gasteiger partial charge in [-0.2, -0.15) is 0 Å². The molecule has 17 heavy (non-hydrogen) atoms. The van der Waals surface area contributed by atoms with Crippen LogP contribution >= 0.6 is 0 Å². The molecule has 0 aromatic carbocycles. The fourth-order valence-electron chi connectivity index (χ4n) is 2.45. The van der Waals surface area contributed by atoms with Crippen LogP contribution in [0.1, 0.15) is 60.3 Å². The highest BCUT2D eigenvalue weighted by Gasteiger charge is 2.50. The van der Waals surface area contributed by atoms with Gasteiger partial charge in [0.15, 0.2) is 0 Å². The molecule has 1 heterocycles. The van der Waals surface area contributed by atoms with Crippen molar-refractivity contribution in [1.82, 2.24) is 0 Å². The second-order valence-corrected chi connectivity index (χ2v) is 6.63. The SMILES string of the molecule is CC1CCC(=CB2OC(C)(C)C(C)(C)O2)CC1. The van der Waals surface area contributed by atoms with Crippen LogP contribution in [-0.2, 0) is 9.31 Å². The first-order valence-electron chi connectivity index (χ1n) is 6.85. The van der Waals surface area contributed by atoms with Crippen LogP contribution in [-0.4, -0.2) is 18.3 Å². The van der Waals surface area contributed by atoms with Crippen LogP contribution in [0, 0.1) is 5.92 Å². The van der Waals surface area contributed by atoms with Gasteiger partial charge in [0.25, 0.3) is 0 Å². The van der Waals surface area contributed by atoms with E-state index in [1.807, 2.05) is 0 Å². The molecule has 1 saturated carbocycles. The van der Waals surface area contributed by atoms with Crippen molar-refractivity contribution in [3.8, 4) is 0 Å². The molecule has 2 fully saturated rings. The molecule has 2 nitrogen and oxygen atoms in total. The topological polar surface area (TPSA) is 18.5 Å². The molecule has 0 aromatic rings. The zero-order valence-corrected chi connectivity index (χ0v) is 11.9. The smallest absolute Gasteiger partial charge is 0.400 e. The average molecular weight is 236 g/mol. The Labute approximate surface area is 106 Å². The van der Waals surface area contributed by atoms with Gasteiger partial charge in [-0.25, -0.2) is 0 Å². The first-order valence-corrected chi connectivity index (χ1v) is 6.85. The van der Waals surface area contributed by atoms with Crippen molar-refractivity contribution in [2.45, 2.75) is 71.5 Å². The minimum absolute atomic E-state index is 0.150. The van der Waals surface area contributed by atoms with Crippen molar-refractivity contribution in [3.05, 3.63) is 11.5 Å². The molecular weight excluding hydrogens is 211 g/mol. The molecule has 0 radical (unpaired) electrons. The molecular formula is C14H25BO2. The highest BCUT2D eigenvalue weighted by atomic mass is 16.7. The number of hydrogen-bond acceptors (Lipinski definition) is 2. The van der Waals surface area contributed by atoms with E-state index in [0.717, 1.165) is 5.92 Å². The maximum Gasteiger partial charge on any atom is 0.487 e. The van der Waals surface area contributed by atoms with E-state index < -0.39 is 0 Å². The second kappa shape index (κ2) is 4.44. The maximum atomic E-state index is 6.00. The highest BCUT2D eigenvalue weighted by Crippen LogP contribution is 2.38. The van der Waals surface area contributed by atoms with Crippen molar-refractivity contribution in [3.63, 3.8) is 0 Å². The lowest BCUT2D eigenvalue weighted by atomic mass is 9.79. The number of hydrogen-bond donors (Lipinski definition) is 0. The van der Waals surface area contributed by atoms with E-state index in [0.29, 0.717) is 0 Å². The summed E-state index contributed by atoms with van der Waals surface area (Å²) < 4.78 is 12.0. The molecule has 96 valence electrons. The predicted molar refractivity (Wildman–Crippen MR) is 71.8 cm³/mol. The molecule has 1 aliphatic heterocycles. The Hall–Kier alpha value is -0.275. The molecule has 2 aliphatic rings. The lowest BCUT2D eigenvalue weighted by Gasteiger charge is -2.32. The Morgan fingerprint density at radius 1 is 1.06 bits per heavy atom. The van der Waals surface area contributed by atoms with Crippen LogP contribution in [0.5, 0.6) is 0 Å². The lowest BCUT2D eigenvalue weighted by Crippen LogP contribution is -2.41. The van der Waals surface area contributed by atoms with Crippen molar-refractivity contribution in [2.75, 3.05) is 0 Å². The van der Waals surface area contributed by atoms with E-state index in [1.165, 1.54) is 31.3 Å². The van der Waals surface area contributed by atoms with Gasteiger partial charge >= 0.3 is 7.12 Å². The summed E-state index contributed by atoms with van der Waals surface area (Å²) in [6, 6.07) is 0. The van der Waals surface area contributed by atoms with Gasteiger partial charge in [0.05, 0.1) is 11.2 Å². The summed E-state index contributed by atoms with van der Waals surface area (Å²) in [5.41, 5.74) is 1.09. The van der Waals surface area contributed by atoms with Crippen LogP contribution in [0.3, 0.4) is 0 Å². The molecule has 0 amide bonds. The molecule has 1 aliphatic carbocycles. The minimum atomic E-state index is -0.212. The van der Waals surface area contributed by atoms with E-state index >= 15 is 0 Å². The fraction of sp³-hybridized carbons (Fsp3) is 0.857. The summed E-state index contributed by atoms with van der Waals surface area (Å²) >= 11 is 0. The van der Waals surface area contributed by atoms with Crippen LogP contribution in [0.4, 0.5) is 0 Å². The van der Waals surface area contributed by atoms with Crippen LogP contribution in [0.25, 0.3) is 0 Å². The van der Waals surface area contributed by atoms with E-state index in [-0.39, 0.29) is 18.3 Å².